The number of unbranched alkanes of at least 4 members (excludes halogenated alkanes) is 1. The van der Waals surface area contributed by atoms with Gasteiger partial charge >= 0.3 is 6.09 Å². The van der Waals surface area contributed by atoms with Crippen LogP contribution in [0.25, 0.3) is 0 Å². The second-order valence-corrected chi connectivity index (χ2v) is 15.5. The summed E-state index contributed by atoms with van der Waals surface area (Å²) in [5.41, 5.74) is 6.54. The minimum absolute atomic E-state index is 0.101. The second kappa shape index (κ2) is 14.6. The summed E-state index contributed by atoms with van der Waals surface area (Å²) < 4.78 is 5.97. The summed E-state index contributed by atoms with van der Waals surface area (Å²) >= 11 is 0. The zero-order chi connectivity index (χ0) is 28.8. The molecule has 0 spiro atoms. The molecule has 0 saturated heterocycles. The average Bonchev–Trinajstić information content (AvgIpc) is 3.27. The van der Waals surface area contributed by atoms with Crippen LogP contribution in [0.2, 0.25) is 0 Å². The number of carbonyl (C=O) groups excluding carboxylic acids is 1. The number of nitrogens with one attached hydrogen (secondary N) is 2. The molecule has 0 radical (unpaired) electrons. The molecule has 5 nitrogen and oxygen atoms in total. The monoisotopic (exact) mass is 560 g/mol. The highest BCUT2D eigenvalue weighted by Crippen LogP contribution is 2.68. The molecule has 1 unspecified atom stereocenters. The van der Waals surface area contributed by atoms with E-state index in [1.807, 2.05) is 0 Å². The van der Waals surface area contributed by atoms with Gasteiger partial charge in [-0.3, -0.25) is 0 Å². The summed E-state index contributed by atoms with van der Waals surface area (Å²) in [5, 5.41) is 6.41. The van der Waals surface area contributed by atoms with Crippen LogP contribution in [0.1, 0.15) is 131 Å². The number of ether oxygens (including phenoxy) is 1. The normalized spacial score (nSPS) is 37.9. The molecule has 0 aromatic rings. The first kappa shape index (κ1) is 32.1. The summed E-state index contributed by atoms with van der Waals surface area (Å²) in [4.78, 5) is 12.5. The van der Waals surface area contributed by atoms with Crippen molar-refractivity contribution in [3.63, 3.8) is 0 Å². The topological polar surface area (TPSA) is 76.4 Å². The van der Waals surface area contributed by atoms with Crippen molar-refractivity contribution >= 4 is 6.09 Å². The van der Waals surface area contributed by atoms with Crippen LogP contribution < -0.4 is 16.4 Å². The van der Waals surface area contributed by atoms with Gasteiger partial charge in [0.05, 0.1) is 0 Å². The third-order valence-corrected chi connectivity index (χ3v) is 12.7. The van der Waals surface area contributed by atoms with Gasteiger partial charge in [-0.2, -0.15) is 0 Å². The highest BCUT2D eigenvalue weighted by atomic mass is 16.6. The van der Waals surface area contributed by atoms with Crippen LogP contribution in [-0.2, 0) is 4.74 Å². The molecule has 0 aliphatic heterocycles. The summed E-state index contributed by atoms with van der Waals surface area (Å²) in [6, 6.07) is 0. The molecule has 4 N–H and O–H groups in total. The third kappa shape index (κ3) is 7.39. The van der Waals surface area contributed by atoms with E-state index in [9.17, 15) is 4.79 Å². The molecular weight excluding hydrogens is 494 g/mol. The number of hydrogen-bond donors (Lipinski definition) is 3. The van der Waals surface area contributed by atoms with Gasteiger partial charge in [0.1, 0.15) is 6.10 Å². The van der Waals surface area contributed by atoms with Gasteiger partial charge in [-0.15, -0.1) is 0 Å². The summed E-state index contributed by atoms with van der Waals surface area (Å²) in [6.45, 7) is 16.1. The predicted octanol–water partition coefficient (Wildman–Crippen LogP) is 7.92. The molecule has 1 amide bonds. The Morgan fingerprint density at radius 3 is 2.35 bits per heavy atom. The minimum atomic E-state index is -0.202. The van der Waals surface area contributed by atoms with Gasteiger partial charge in [-0.05, 0) is 149 Å². The highest BCUT2D eigenvalue weighted by Gasteiger charge is 2.60. The molecule has 4 aliphatic rings. The fraction of sp³-hybridized carbons (Fsp3) is 0.971. The smallest absolute Gasteiger partial charge is 0.407 e. The lowest BCUT2D eigenvalue weighted by Crippen LogP contribution is -2.54. The van der Waals surface area contributed by atoms with Crippen molar-refractivity contribution in [3.05, 3.63) is 0 Å². The van der Waals surface area contributed by atoms with Gasteiger partial charge in [0, 0.05) is 6.54 Å². The van der Waals surface area contributed by atoms with Crippen LogP contribution in [-0.4, -0.2) is 38.4 Å². The molecular formula is C35H65N3O2. The number of alkyl carbamates (subject to hydrolysis) is 1. The van der Waals surface area contributed by atoms with E-state index >= 15 is 0 Å². The lowest BCUT2D eigenvalue weighted by molar-refractivity contribution is -0.129. The standard InChI is InChI=1S/C35H65N3O2/c1-25(2)10-8-11-26(3)30-14-15-31-29-13-12-27-24-28(16-18-34(27,4)32(29)17-19-35(30,31)5)40-33(39)38-23-7-6-21-37-22-9-20-36/h25-32,37H,6-24,36H2,1-5H3,(H,38,39)/t26-,27?,28+,29+,30-,31+,32+,34+,35-/m1/s1. The first-order valence-electron chi connectivity index (χ1n) is 17.5. The number of nitrogens with two attached hydrogens (primary N) is 1. The quantitative estimate of drug-likeness (QED) is 0.189. The van der Waals surface area contributed by atoms with Crippen molar-refractivity contribution in [2.24, 2.45) is 58.0 Å². The van der Waals surface area contributed by atoms with E-state index in [1.54, 1.807) is 0 Å². The van der Waals surface area contributed by atoms with Gasteiger partial charge in [0.15, 0.2) is 0 Å². The van der Waals surface area contributed by atoms with Crippen molar-refractivity contribution in [2.45, 2.75) is 137 Å². The SMILES string of the molecule is CC(C)CCC[C@@H](C)[C@H]1CC[C@H]2[C@@H]3CCC4C[C@@H](OC(=O)NCCCCNCCCN)CC[C@]4(C)[C@H]3CC[C@]12C. The molecule has 0 aromatic heterocycles. The summed E-state index contributed by atoms with van der Waals surface area (Å²) in [6.07, 6.45) is 19.2. The Hall–Kier alpha value is -0.810. The van der Waals surface area contributed by atoms with Gasteiger partial charge in [-0.1, -0.05) is 53.9 Å². The molecule has 0 bridgehead atoms. The lowest BCUT2D eigenvalue weighted by atomic mass is 9.44. The van der Waals surface area contributed by atoms with Crippen molar-refractivity contribution < 1.29 is 9.53 Å². The van der Waals surface area contributed by atoms with Crippen molar-refractivity contribution in [1.82, 2.24) is 10.6 Å². The Kier molecular flexibility index (Phi) is 11.7. The van der Waals surface area contributed by atoms with E-state index in [4.69, 9.17) is 10.5 Å². The Balaban J connectivity index is 1.23. The maximum Gasteiger partial charge on any atom is 0.407 e. The molecule has 40 heavy (non-hydrogen) atoms. The largest absolute Gasteiger partial charge is 0.446 e. The second-order valence-electron chi connectivity index (χ2n) is 15.5. The number of fused-ring (bicyclic) bond motifs is 5. The van der Waals surface area contributed by atoms with E-state index in [0.29, 0.717) is 17.4 Å². The third-order valence-electron chi connectivity index (χ3n) is 12.7. The molecule has 4 rings (SSSR count). The molecule has 4 fully saturated rings. The first-order valence-corrected chi connectivity index (χ1v) is 17.5. The number of amides is 1. The van der Waals surface area contributed by atoms with Crippen LogP contribution in [0, 0.1) is 52.3 Å². The van der Waals surface area contributed by atoms with Gasteiger partial charge in [0.25, 0.3) is 0 Å². The first-order chi connectivity index (χ1) is 19.2. The zero-order valence-electron chi connectivity index (χ0n) is 26.9. The molecule has 5 heteroatoms. The maximum absolute atomic E-state index is 12.5. The maximum atomic E-state index is 12.5. The van der Waals surface area contributed by atoms with Crippen LogP contribution in [0.5, 0.6) is 0 Å². The van der Waals surface area contributed by atoms with Crippen molar-refractivity contribution in [3.8, 4) is 0 Å². The van der Waals surface area contributed by atoms with Crippen LogP contribution in [0.15, 0.2) is 0 Å². The van der Waals surface area contributed by atoms with E-state index in [2.05, 4.69) is 45.3 Å². The Morgan fingerprint density at radius 2 is 1.57 bits per heavy atom. The molecule has 4 saturated carbocycles. The number of carbonyl (C=O) groups is 1. The average molecular weight is 560 g/mol. The molecule has 9 atom stereocenters. The Morgan fingerprint density at radius 1 is 0.850 bits per heavy atom. The van der Waals surface area contributed by atoms with E-state index in [0.717, 1.165) is 93.2 Å². The molecule has 232 valence electrons. The highest BCUT2D eigenvalue weighted by molar-refractivity contribution is 5.67. The fourth-order valence-corrected chi connectivity index (χ4v) is 10.5. The van der Waals surface area contributed by atoms with Crippen LogP contribution in [0.4, 0.5) is 4.79 Å². The fourth-order valence-electron chi connectivity index (χ4n) is 10.5. The molecule has 0 heterocycles. The zero-order valence-corrected chi connectivity index (χ0v) is 26.9. The Bertz CT molecular complexity index is 789. The van der Waals surface area contributed by atoms with Crippen molar-refractivity contribution in [1.29, 1.82) is 0 Å². The van der Waals surface area contributed by atoms with E-state index < -0.39 is 0 Å². The van der Waals surface area contributed by atoms with E-state index in [-0.39, 0.29) is 12.2 Å². The van der Waals surface area contributed by atoms with Crippen LogP contribution >= 0.6 is 0 Å². The molecule has 0 aromatic carbocycles. The predicted molar refractivity (Wildman–Crippen MR) is 167 cm³/mol. The number of hydrogen-bond acceptors (Lipinski definition) is 4. The van der Waals surface area contributed by atoms with Gasteiger partial charge in [0.2, 0.25) is 0 Å². The van der Waals surface area contributed by atoms with Crippen LogP contribution in [0.3, 0.4) is 0 Å². The summed E-state index contributed by atoms with van der Waals surface area (Å²) in [7, 11) is 0. The minimum Gasteiger partial charge on any atom is -0.446 e. The lowest BCUT2D eigenvalue weighted by Gasteiger charge is -2.61. The van der Waals surface area contributed by atoms with Gasteiger partial charge in [-0.25, -0.2) is 4.79 Å². The van der Waals surface area contributed by atoms with Crippen molar-refractivity contribution in [2.75, 3.05) is 26.2 Å². The van der Waals surface area contributed by atoms with Gasteiger partial charge < -0.3 is 21.1 Å². The number of rotatable bonds is 14. The summed E-state index contributed by atoms with van der Waals surface area (Å²) in [5.74, 6) is 6.13. The Labute approximate surface area is 247 Å². The van der Waals surface area contributed by atoms with E-state index in [1.165, 1.54) is 64.2 Å². The molecule has 4 aliphatic carbocycles.